The second-order valence-electron chi connectivity index (χ2n) is 5.12. The predicted molar refractivity (Wildman–Crippen MR) is 91.4 cm³/mol. The number of aliphatic hydroxyl groups is 1. The molecule has 0 radical (unpaired) electrons. The van der Waals surface area contributed by atoms with Gasteiger partial charge < -0.3 is 5.11 Å². The van der Waals surface area contributed by atoms with E-state index in [1.165, 1.54) is 4.90 Å². The molecule has 1 aromatic heterocycles. The Morgan fingerprint density at radius 2 is 1.68 bits per heavy atom. The quantitative estimate of drug-likeness (QED) is 0.730. The predicted octanol–water partition coefficient (Wildman–Crippen LogP) is 4.31. The van der Waals surface area contributed by atoms with Gasteiger partial charge in [0.1, 0.15) is 0 Å². The summed E-state index contributed by atoms with van der Waals surface area (Å²) < 4.78 is 1.92. The van der Waals surface area contributed by atoms with Crippen LogP contribution in [0.15, 0.2) is 65.7 Å². The molecule has 1 unspecified atom stereocenters. The van der Waals surface area contributed by atoms with E-state index in [0.29, 0.717) is 0 Å². The molecule has 0 aliphatic carbocycles. The van der Waals surface area contributed by atoms with Gasteiger partial charge in [0.2, 0.25) is 0 Å². The van der Waals surface area contributed by atoms with Crippen molar-refractivity contribution in [3.8, 4) is 16.9 Å². The number of benzene rings is 2. The molecule has 0 fully saturated rings. The van der Waals surface area contributed by atoms with Crippen molar-refractivity contribution in [2.24, 2.45) is 0 Å². The third-order valence-electron chi connectivity index (χ3n) is 3.65. The van der Waals surface area contributed by atoms with E-state index in [1.54, 1.807) is 24.9 Å². The summed E-state index contributed by atoms with van der Waals surface area (Å²) in [6.07, 6.45) is 3.42. The maximum Gasteiger partial charge on any atom is 0.0761 e. The first-order valence-electron chi connectivity index (χ1n) is 7.16. The van der Waals surface area contributed by atoms with Crippen LogP contribution in [-0.4, -0.2) is 21.1 Å². The molecule has 112 valence electrons. The van der Waals surface area contributed by atoms with Crippen LogP contribution >= 0.6 is 11.8 Å². The second kappa shape index (κ2) is 6.38. The van der Waals surface area contributed by atoms with Crippen LogP contribution < -0.4 is 0 Å². The number of aliphatic hydroxyl groups excluding tert-OH is 1. The molecule has 22 heavy (non-hydrogen) atoms. The minimum atomic E-state index is -0.453. The standard InChI is InChI=1S/C18H18N2OS/c1-13(21)14-3-7-16(8-4-14)20-18(11-12-19-20)15-5-9-17(22-2)10-6-15/h3-13,21H,1-2H3. The van der Waals surface area contributed by atoms with E-state index in [4.69, 9.17) is 0 Å². The Morgan fingerprint density at radius 1 is 1.00 bits per heavy atom. The van der Waals surface area contributed by atoms with E-state index in [-0.39, 0.29) is 0 Å². The van der Waals surface area contributed by atoms with Gasteiger partial charge in [-0.15, -0.1) is 11.8 Å². The molecule has 1 N–H and O–H groups in total. The number of aromatic nitrogens is 2. The van der Waals surface area contributed by atoms with Crippen molar-refractivity contribution in [2.45, 2.75) is 17.9 Å². The van der Waals surface area contributed by atoms with Gasteiger partial charge in [0.15, 0.2) is 0 Å². The zero-order chi connectivity index (χ0) is 15.5. The summed E-state index contributed by atoms with van der Waals surface area (Å²) in [6, 6.07) is 18.3. The van der Waals surface area contributed by atoms with Crippen molar-refractivity contribution < 1.29 is 5.11 Å². The number of thioether (sulfide) groups is 1. The van der Waals surface area contributed by atoms with E-state index in [0.717, 1.165) is 22.5 Å². The molecule has 4 heteroatoms. The van der Waals surface area contributed by atoms with Crippen molar-refractivity contribution in [3.63, 3.8) is 0 Å². The molecule has 0 amide bonds. The fraction of sp³-hybridized carbons (Fsp3) is 0.167. The Labute approximate surface area is 134 Å². The van der Waals surface area contributed by atoms with Crippen LogP contribution in [-0.2, 0) is 0 Å². The molecular weight excluding hydrogens is 292 g/mol. The van der Waals surface area contributed by atoms with Gasteiger partial charge in [-0.2, -0.15) is 5.10 Å². The Morgan fingerprint density at radius 3 is 2.27 bits per heavy atom. The highest BCUT2D eigenvalue weighted by Crippen LogP contribution is 2.25. The van der Waals surface area contributed by atoms with E-state index < -0.39 is 6.10 Å². The van der Waals surface area contributed by atoms with Gasteiger partial charge in [-0.05, 0) is 49.1 Å². The van der Waals surface area contributed by atoms with Crippen LogP contribution in [0.5, 0.6) is 0 Å². The minimum Gasteiger partial charge on any atom is -0.389 e. The molecule has 0 aliphatic rings. The van der Waals surface area contributed by atoms with Crippen molar-refractivity contribution in [1.29, 1.82) is 0 Å². The van der Waals surface area contributed by atoms with E-state index >= 15 is 0 Å². The van der Waals surface area contributed by atoms with Gasteiger partial charge in [0.05, 0.1) is 23.7 Å². The summed E-state index contributed by atoms with van der Waals surface area (Å²) in [5.41, 5.74) is 4.08. The smallest absolute Gasteiger partial charge is 0.0761 e. The summed E-state index contributed by atoms with van der Waals surface area (Å²) in [5, 5.41) is 14.0. The third kappa shape index (κ3) is 2.93. The van der Waals surface area contributed by atoms with Crippen LogP contribution in [0.2, 0.25) is 0 Å². The Balaban J connectivity index is 1.97. The van der Waals surface area contributed by atoms with Crippen LogP contribution in [0.25, 0.3) is 16.9 Å². The van der Waals surface area contributed by atoms with Crippen molar-refractivity contribution in [1.82, 2.24) is 9.78 Å². The number of rotatable bonds is 4. The first-order chi connectivity index (χ1) is 10.7. The van der Waals surface area contributed by atoms with Gasteiger partial charge in [-0.3, -0.25) is 0 Å². The highest BCUT2D eigenvalue weighted by atomic mass is 32.2. The van der Waals surface area contributed by atoms with E-state index in [1.807, 2.05) is 35.0 Å². The van der Waals surface area contributed by atoms with Gasteiger partial charge in [-0.1, -0.05) is 24.3 Å². The SMILES string of the molecule is CSc1ccc(-c2ccnn2-c2ccc(C(C)O)cc2)cc1. The fourth-order valence-electron chi connectivity index (χ4n) is 2.38. The summed E-state index contributed by atoms with van der Waals surface area (Å²) >= 11 is 1.73. The minimum absolute atomic E-state index is 0.453. The average molecular weight is 310 g/mol. The molecule has 3 nitrogen and oxygen atoms in total. The molecular formula is C18H18N2OS. The fourth-order valence-corrected chi connectivity index (χ4v) is 2.79. The summed E-state index contributed by atoms with van der Waals surface area (Å²) in [7, 11) is 0. The summed E-state index contributed by atoms with van der Waals surface area (Å²) in [4.78, 5) is 1.25. The zero-order valence-corrected chi connectivity index (χ0v) is 13.4. The lowest BCUT2D eigenvalue weighted by Gasteiger charge is -2.10. The van der Waals surface area contributed by atoms with Crippen LogP contribution in [0.3, 0.4) is 0 Å². The Bertz CT molecular complexity index is 746. The molecule has 0 saturated heterocycles. The first-order valence-corrected chi connectivity index (χ1v) is 8.38. The molecule has 3 aromatic rings. The number of nitrogens with zero attached hydrogens (tertiary/aromatic N) is 2. The van der Waals surface area contributed by atoms with Gasteiger partial charge in [0, 0.05) is 10.5 Å². The number of hydrogen-bond acceptors (Lipinski definition) is 3. The lowest BCUT2D eigenvalue weighted by atomic mass is 10.1. The third-order valence-corrected chi connectivity index (χ3v) is 4.39. The lowest BCUT2D eigenvalue weighted by molar-refractivity contribution is 0.199. The topological polar surface area (TPSA) is 38.0 Å². The maximum absolute atomic E-state index is 9.60. The lowest BCUT2D eigenvalue weighted by Crippen LogP contribution is -1.99. The highest BCUT2D eigenvalue weighted by molar-refractivity contribution is 7.98. The Kier molecular flexibility index (Phi) is 4.32. The molecule has 0 spiro atoms. The van der Waals surface area contributed by atoms with Crippen LogP contribution in [0, 0.1) is 0 Å². The van der Waals surface area contributed by atoms with E-state index in [9.17, 15) is 5.11 Å². The molecule has 1 atom stereocenters. The molecule has 0 aliphatic heterocycles. The summed E-state index contributed by atoms with van der Waals surface area (Å²) in [6.45, 7) is 1.77. The monoisotopic (exact) mass is 310 g/mol. The molecule has 0 bridgehead atoms. The van der Waals surface area contributed by atoms with Gasteiger partial charge >= 0.3 is 0 Å². The van der Waals surface area contributed by atoms with Gasteiger partial charge in [0.25, 0.3) is 0 Å². The Hall–Kier alpha value is -2.04. The van der Waals surface area contributed by atoms with Crippen LogP contribution in [0.1, 0.15) is 18.6 Å². The van der Waals surface area contributed by atoms with Gasteiger partial charge in [-0.25, -0.2) is 4.68 Å². The molecule has 3 rings (SSSR count). The number of hydrogen-bond donors (Lipinski definition) is 1. The van der Waals surface area contributed by atoms with Crippen molar-refractivity contribution in [3.05, 3.63) is 66.4 Å². The zero-order valence-electron chi connectivity index (χ0n) is 12.6. The summed E-state index contributed by atoms with van der Waals surface area (Å²) in [5.74, 6) is 0. The maximum atomic E-state index is 9.60. The molecule has 2 aromatic carbocycles. The van der Waals surface area contributed by atoms with Crippen molar-refractivity contribution >= 4 is 11.8 Å². The van der Waals surface area contributed by atoms with Crippen LogP contribution in [0.4, 0.5) is 0 Å². The second-order valence-corrected chi connectivity index (χ2v) is 6.00. The average Bonchev–Trinajstić information content (AvgIpc) is 3.04. The van der Waals surface area contributed by atoms with Crippen molar-refractivity contribution in [2.75, 3.05) is 6.26 Å². The first kappa shape index (κ1) is 14.9. The normalized spacial score (nSPS) is 12.3. The largest absolute Gasteiger partial charge is 0.389 e. The molecule has 1 heterocycles. The molecule has 0 saturated carbocycles. The highest BCUT2D eigenvalue weighted by Gasteiger charge is 2.08. The van der Waals surface area contributed by atoms with E-state index in [2.05, 4.69) is 35.6 Å².